The molecule has 0 aliphatic carbocycles. The number of nitrogen functional groups attached to an aromatic ring is 2. The first-order chi connectivity index (χ1) is 9.45. The van der Waals surface area contributed by atoms with E-state index in [1.165, 1.54) is 30.0 Å². The van der Waals surface area contributed by atoms with Crippen molar-refractivity contribution in [3.8, 4) is 0 Å². The van der Waals surface area contributed by atoms with Gasteiger partial charge >= 0.3 is 0 Å². The lowest BCUT2D eigenvalue weighted by Gasteiger charge is -2.03. The highest BCUT2D eigenvalue weighted by Crippen LogP contribution is 2.28. The maximum atomic E-state index is 10.8. The largest absolute Gasteiger partial charge is 0.383 e. The summed E-state index contributed by atoms with van der Waals surface area (Å²) in [6.45, 7) is 0. The lowest BCUT2D eigenvalue weighted by Crippen LogP contribution is -1.99. The van der Waals surface area contributed by atoms with Gasteiger partial charge in [0.1, 0.15) is 16.7 Å². The molecule has 1 aromatic heterocycles. The number of anilines is 2. The Hall–Kier alpha value is -2.06. The predicted molar refractivity (Wildman–Crippen MR) is 78.5 cm³/mol. The van der Waals surface area contributed by atoms with Crippen molar-refractivity contribution in [1.82, 2.24) is 9.97 Å². The van der Waals surface area contributed by atoms with E-state index in [4.69, 9.17) is 23.1 Å². The molecule has 2 aromatic rings. The molecule has 0 bridgehead atoms. The highest BCUT2D eigenvalue weighted by atomic mass is 35.5. The van der Waals surface area contributed by atoms with Gasteiger partial charge in [-0.05, 0) is 11.6 Å². The van der Waals surface area contributed by atoms with Crippen LogP contribution in [0, 0.1) is 10.1 Å². The van der Waals surface area contributed by atoms with E-state index in [1.54, 1.807) is 6.07 Å². The number of halogens is 1. The molecule has 0 atom stereocenters. The molecule has 0 spiro atoms. The zero-order valence-electron chi connectivity index (χ0n) is 10.1. The van der Waals surface area contributed by atoms with Crippen LogP contribution in [0.3, 0.4) is 0 Å². The van der Waals surface area contributed by atoms with E-state index in [-0.39, 0.29) is 22.3 Å². The van der Waals surface area contributed by atoms with Gasteiger partial charge in [0.2, 0.25) is 0 Å². The van der Waals surface area contributed by atoms with Gasteiger partial charge in [-0.15, -0.1) is 0 Å². The predicted octanol–water partition coefficient (Wildman–Crippen LogP) is 2.49. The van der Waals surface area contributed by atoms with Crippen molar-refractivity contribution in [1.29, 1.82) is 0 Å². The molecule has 104 valence electrons. The van der Waals surface area contributed by atoms with Gasteiger partial charge in [0.05, 0.1) is 4.92 Å². The van der Waals surface area contributed by atoms with Crippen LogP contribution in [0.15, 0.2) is 29.4 Å². The fourth-order valence-electron chi connectivity index (χ4n) is 1.46. The number of nitro groups is 1. The Morgan fingerprint density at radius 3 is 2.50 bits per heavy atom. The van der Waals surface area contributed by atoms with Crippen LogP contribution in [0.5, 0.6) is 0 Å². The Bertz CT molecular complexity index is 647. The standard InChI is InChI=1S/C11H10ClN5O2S/c12-7-2-1-6(3-8(7)17(18)19)5-20-11-15-9(13)4-10(14)16-11/h1-4H,5H2,(H4,13,14,15,16). The average molecular weight is 312 g/mol. The third-order valence-corrected chi connectivity index (χ3v) is 3.56. The number of thioether (sulfide) groups is 1. The quantitative estimate of drug-likeness (QED) is 0.385. The van der Waals surface area contributed by atoms with E-state index in [0.717, 1.165) is 5.56 Å². The highest BCUT2D eigenvalue weighted by Gasteiger charge is 2.13. The number of nitro benzene ring substituents is 1. The normalized spacial score (nSPS) is 10.4. The van der Waals surface area contributed by atoms with Gasteiger partial charge in [-0.2, -0.15) is 0 Å². The number of rotatable bonds is 4. The summed E-state index contributed by atoms with van der Waals surface area (Å²) in [5.74, 6) is 1.00. The molecular formula is C11H10ClN5O2S. The first kappa shape index (κ1) is 14.4. The van der Waals surface area contributed by atoms with Crippen molar-refractivity contribution >= 4 is 40.7 Å². The summed E-state index contributed by atoms with van der Waals surface area (Å²) in [7, 11) is 0. The van der Waals surface area contributed by atoms with Crippen molar-refractivity contribution in [3.05, 3.63) is 45.0 Å². The van der Waals surface area contributed by atoms with Gasteiger partial charge in [-0.25, -0.2) is 9.97 Å². The lowest BCUT2D eigenvalue weighted by atomic mass is 10.2. The van der Waals surface area contributed by atoms with Gasteiger partial charge in [0.25, 0.3) is 5.69 Å². The molecule has 0 aliphatic rings. The van der Waals surface area contributed by atoms with Crippen molar-refractivity contribution in [3.63, 3.8) is 0 Å². The SMILES string of the molecule is Nc1cc(N)nc(SCc2ccc(Cl)c([N+](=O)[O-])c2)n1. The molecule has 0 saturated carbocycles. The van der Waals surface area contributed by atoms with Crippen molar-refractivity contribution in [2.45, 2.75) is 10.9 Å². The van der Waals surface area contributed by atoms with Gasteiger partial charge in [-0.1, -0.05) is 29.4 Å². The number of nitrogens with two attached hydrogens (primary N) is 2. The summed E-state index contributed by atoms with van der Waals surface area (Å²) >= 11 is 7.02. The molecule has 1 aromatic carbocycles. The van der Waals surface area contributed by atoms with E-state index < -0.39 is 4.92 Å². The van der Waals surface area contributed by atoms with E-state index in [9.17, 15) is 10.1 Å². The van der Waals surface area contributed by atoms with Gasteiger partial charge < -0.3 is 11.5 Å². The Kier molecular flexibility index (Phi) is 4.26. The Labute approximate surface area is 123 Å². The second kappa shape index (κ2) is 5.93. The number of hydrogen-bond donors (Lipinski definition) is 2. The summed E-state index contributed by atoms with van der Waals surface area (Å²) < 4.78 is 0. The molecule has 1 heterocycles. The van der Waals surface area contributed by atoms with Crippen LogP contribution in [0.1, 0.15) is 5.56 Å². The van der Waals surface area contributed by atoms with Crippen LogP contribution < -0.4 is 11.5 Å². The molecule has 9 heteroatoms. The zero-order chi connectivity index (χ0) is 14.7. The maximum absolute atomic E-state index is 10.8. The first-order valence-electron chi connectivity index (χ1n) is 5.41. The molecule has 7 nitrogen and oxygen atoms in total. The third kappa shape index (κ3) is 3.49. The summed E-state index contributed by atoms with van der Waals surface area (Å²) in [5.41, 5.74) is 11.7. The molecule has 0 aliphatic heterocycles. The van der Waals surface area contributed by atoms with Crippen LogP contribution in [-0.2, 0) is 5.75 Å². The van der Waals surface area contributed by atoms with E-state index in [1.807, 2.05) is 0 Å². The summed E-state index contributed by atoms with van der Waals surface area (Å²) in [5, 5.41) is 11.3. The van der Waals surface area contributed by atoms with Crippen LogP contribution >= 0.6 is 23.4 Å². The number of hydrogen-bond acceptors (Lipinski definition) is 7. The smallest absolute Gasteiger partial charge is 0.288 e. The van der Waals surface area contributed by atoms with E-state index in [0.29, 0.717) is 10.9 Å². The molecule has 20 heavy (non-hydrogen) atoms. The van der Waals surface area contributed by atoms with Gasteiger partial charge in [0.15, 0.2) is 5.16 Å². The number of nitrogens with zero attached hydrogens (tertiary/aromatic N) is 3. The lowest BCUT2D eigenvalue weighted by molar-refractivity contribution is -0.384. The minimum atomic E-state index is -0.522. The van der Waals surface area contributed by atoms with Crippen LogP contribution in [0.25, 0.3) is 0 Å². The average Bonchev–Trinajstić information content (AvgIpc) is 2.36. The van der Waals surface area contributed by atoms with Crippen molar-refractivity contribution in [2.75, 3.05) is 11.5 Å². The second-order valence-corrected chi connectivity index (χ2v) is 5.18. The minimum Gasteiger partial charge on any atom is -0.383 e. The molecule has 0 unspecified atom stereocenters. The van der Waals surface area contributed by atoms with E-state index in [2.05, 4.69) is 9.97 Å². The van der Waals surface area contributed by atoms with Crippen molar-refractivity contribution < 1.29 is 4.92 Å². The minimum absolute atomic E-state index is 0.105. The molecule has 0 fully saturated rings. The second-order valence-electron chi connectivity index (χ2n) is 3.83. The summed E-state index contributed by atoms with van der Waals surface area (Å²) in [6.07, 6.45) is 0. The first-order valence-corrected chi connectivity index (χ1v) is 6.77. The van der Waals surface area contributed by atoms with Crippen LogP contribution in [0.2, 0.25) is 5.02 Å². The Balaban J connectivity index is 2.14. The van der Waals surface area contributed by atoms with Gasteiger partial charge in [0, 0.05) is 17.9 Å². The number of aromatic nitrogens is 2. The van der Waals surface area contributed by atoms with Crippen LogP contribution in [-0.4, -0.2) is 14.9 Å². The molecule has 4 N–H and O–H groups in total. The molecular weight excluding hydrogens is 302 g/mol. The number of benzene rings is 1. The van der Waals surface area contributed by atoms with Gasteiger partial charge in [-0.3, -0.25) is 10.1 Å². The molecule has 2 rings (SSSR count). The van der Waals surface area contributed by atoms with E-state index >= 15 is 0 Å². The zero-order valence-corrected chi connectivity index (χ0v) is 11.7. The molecule has 0 amide bonds. The summed E-state index contributed by atoms with van der Waals surface area (Å²) in [4.78, 5) is 18.3. The van der Waals surface area contributed by atoms with Crippen molar-refractivity contribution in [2.24, 2.45) is 0 Å². The monoisotopic (exact) mass is 311 g/mol. The summed E-state index contributed by atoms with van der Waals surface area (Å²) in [6, 6.07) is 6.07. The third-order valence-electron chi connectivity index (χ3n) is 2.32. The molecule has 0 radical (unpaired) electrons. The highest BCUT2D eigenvalue weighted by molar-refractivity contribution is 7.98. The fourth-order valence-corrected chi connectivity index (χ4v) is 2.46. The maximum Gasteiger partial charge on any atom is 0.288 e. The molecule has 0 saturated heterocycles. The topological polar surface area (TPSA) is 121 Å². The Morgan fingerprint density at radius 2 is 1.90 bits per heavy atom. The van der Waals surface area contributed by atoms with Crippen LogP contribution in [0.4, 0.5) is 17.3 Å². The Morgan fingerprint density at radius 1 is 1.25 bits per heavy atom. The fraction of sp³-hybridized carbons (Fsp3) is 0.0909.